The Bertz CT molecular complexity index is 284. The first kappa shape index (κ1) is 21.8. The lowest BCUT2D eigenvalue weighted by atomic mass is 9.95. The smallest absolute Gasteiger partial charge is 0.227 e. The monoisotopic (exact) mass is 318 g/mol. The fourth-order valence-electron chi connectivity index (χ4n) is 1.18. The van der Waals surface area contributed by atoms with Crippen molar-refractivity contribution in [2.45, 2.75) is 105 Å². The zero-order valence-electron chi connectivity index (χ0n) is 16.4. The third kappa shape index (κ3) is 7.40. The second-order valence-corrected chi connectivity index (χ2v) is 8.09. The molecule has 0 aliphatic carbocycles. The molecule has 0 atom stereocenters. The van der Waals surface area contributed by atoms with Gasteiger partial charge in [0, 0.05) is 6.42 Å². The first-order valence-corrected chi connectivity index (χ1v) is 8.60. The van der Waals surface area contributed by atoms with E-state index in [2.05, 4.69) is 34.6 Å². The van der Waals surface area contributed by atoms with Crippen molar-refractivity contribution in [2.75, 3.05) is 0 Å². The largest absolute Gasteiger partial charge is 0.231 e. The number of hydrogen-bond donors (Lipinski definition) is 0. The van der Waals surface area contributed by atoms with Crippen molar-refractivity contribution in [3.05, 3.63) is 0 Å². The van der Waals surface area contributed by atoms with E-state index in [0.717, 1.165) is 12.8 Å². The van der Waals surface area contributed by atoms with Gasteiger partial charge in [0.15, 0.2) is 0 Å². The van der Waals surface area contributed by atoms with E-state index in [9.17, 15) is 0 Å². The van der Waals surface area contributed by atoms with Crippen LogP contribution in [0.15, 0.2) is 0 Å². The van der Waals surface area contributed by atoms with Gasteiger partial charge in [-0.25, -0.2) is 9.78 Å². The molecule has 134 valence electrons. The molecule has 0 saturated carbocycles. The average Bonchev–Trinajstić information content (AvgIpc) is 2.41. The van der Waals surface area contributed by atoms with Crippen molar-refractivity contribution in [3.63, 3.8) is 0 Å². The first-order chi connectivity index (χ1) is 9.86. The Morgan fingerprint density at radius 2 is 1.05 bits per heavy atom. The lowest BCUT2D eigenvalue weighted by Crippen LogP contribution is -2.42. The molecular formula is C18H38O4. The van der Waals surface area contributed by atoms with E-state index in [0.29, 0.717) is 18.3 Å². The highest BCUT2D eigenvalue weighted by atomic mass is 17.3. The van der Waals surface area contributed by atoms with Crippen LogP contribution in [0.25, 0.3) is 0 Å². The normalized spacial score (nSPS) is 14.2. The zero-order valence-corrected chi connectivity index (χ0v) is 16.4. The highest BCUT2D eigenvalue weighted by Crippen LogP contribution is 2.30. The maximum absolute atomic E-state index is 5.69. The van der Waals surface area contributed by atoms with Crippen LogP contribution in [0.5, 0.6) is 0 Å². The molecule has 0 aliphatic heterocycles. The summed E-state index contributed by atoms with van der Waals surface area (Å²) in [7, 11) is 0. The van der Waals surface area contributed by atoms with Crippen LogP contribution in [0.3, 0.4) is 0 Å². The van der Waals surface area contributed by atoms with Gasteiger partial charge in [-0.15, -0.1) is 0 Å². The van der Waals surface area contributed by atoms with Crippen LogP contribution < -0.4 is 0 Å². The first-order valence-electron chi connectivity index (χ1n) is 8.60. The molecule has 0 aromatic heterocycles. The maximum atomic E-state index is 5.69. The van der Waals surface area contributed by atoms with Crippen molar-refractivity contribution in [1.29, 1.82) is 0 Å². The van der Waals surface area contributed by atoms with Crippen LogP contribution in [-0.4, -0.2) is 17.0 Å². The van der Waals surface area contributed by atoms with Gasteiger partial charge in [0.1, 0.15) is 11.2 Å². The summed E-state index contributed by atoms with van der Waals surface area (Å²) in [6.45, 7) is 20.5. The van der Waals surface area contributed by atoms with Gasteiger partial charge in [-0.1, -0.05) is 41.0 Å². The molecule has 0 rings (SSSR count). The summed E-state index contributed by atoms with van der Waals surface area (Å²) in [5.41, 5.74) is -0.769. The minimum absolute atomic E-state index is 0.330. The highest BCUT2D eigenvalue weighted by molar-refractivity contribution is 4.72. The van der Waals surface area contributed by atoms with Crippen LogP contribution in [-0.2, 0) is 19.6 Å². The third-order valence-corrected chi connectivity index (χ3v) is 4.63. The van der Waals surface area contributed by atoms with Crippen molar-refractivity contribution in [3.8, 4) is 0 Å². The standard InChI is InChI=1S/C18H38O4/c1-11-12-13-18(10,21-19-16(6,7)14(2)3)22-20-17(8,9)15(4)5/h14-15H,11-13H2,1-10H3. The molecule has 0 amide bonds. The van der Waals surface area contributed by atoms with Crippen LogP contribution in [0.4, 0.5) is 0 Å². The summed E-state index contributed by atoms with van der Waals surface area (Å²) < 4.78 is 0. The summed E-state index contributed by atoms with van der Waals surface area (Å²) in [5, 5.41) is 0. The SMILES string of the molecule is CCCCC(C)(OOC(C)(C)C(C)C)OOC(C)(C)C(C)C. The predicted octanol–water partition coefficient (Wildman–Crippen LogP) is 5.66. The lowest BCUT2D eigenvalue weighted by molar-refractivity contribution is -0.544. The minimum Gasteiger partial charge on any atom is -0.227 e. The Hall–Kier alpha value is -0.160. The molecule has 22 heavy (non-hydrogen) atoms. The van der Waals surface area contributed by atoms with Gasteiger partial charge in [-0.05, 0) is 52.9 Å². The van der Waals surface area contributed by atoms with E-state index >= 15 is 0 Å². The summed E-state index contributed by atoms with van der Waals surface area (Å²) in [6.07, 6.45) is 2.75. The molecule has 0 unspecified atom stereocenters. The molecule has 0 radical (unpaired) electrons. The van der Waals surface area contributed by atoms with E-state index in [4.69, 9.17) is 19.6 Å². The van der Waals surface area contributed by atoms with Gasteiger partial charge in [0.2, 0.25) is 5.79 Å². The molecule has 0 bridgehead atoms. The highest BCUT2D eigenvalue weighted by Gasteiger charge is 2.36. The van der Waals surface area contributed by atoms with E-state index in [1.54, 1.807) is 0 Å². The second-order valence-electron chi connectivity index (χ2n) is 8.09. The Morgan fingerprint density at radius 1 is 0.682 bits per heavy atom. The summed E-state index contributed by atoms with van der Waals surface area (Å²) in [5.74, 6) is -0.249. The van der Waals surface area contributed by atoms with Gasteiger partial charge in [-0.2, -0.15) is 9.78 Å². The molecule has 0 fully saturated rings. The van der Waals surface area contributed by atoms with E-state index in [1.807, 2.05) is 34.6 Å². The van der Waals surface area contributed by atoms with Crippen molar-refractivity contribution < 1.29 is 19.6 Å². The number of hydrogen-bond acceptors (Lipinski definition) is 4. The van der Waals surface area contributed by atoms with Gasteiger partial charge >= 0.3 is 0 Å². The Kier molecular flexibility index (Phi) is 8.56. The quantitative estimate of drug-likeness (QED) is 0.280. The molecule has 0 aromatic rings. The summed E-state index contributed by atoms with van der Waals surface area (Å²) in [6, 6.07) is 0. The average molecular weight is 318 g/mol. The molecule has 0 aliphatic rings. The molecule has 0 aromatic carbocycles. The van der Waals surface area contributed by atoms with Crippen molar-refractivity contribution in [1.82, 2.24) is 0 Å². The molecule has 0 heterocycles. The fourth-order valence-corrected chi connectivity index (χ4v) is 1.18. The number of unbranched alkanes of at least 4 members (excludes halogenated alkanes) is 1. The van der Waals surface area contributed by atoms with Crippen molar-refractivity contribution >= 4 is 0 Å². The lowest BCUT2D eigenvalue weighted by Gasteiger charge is -2.36. The van der Waals surface area contributed by atoms with Gasteiger partial charge in [0.25, 0.3) is 0 Å². The van der Waals surface area contributed by atoms with E-state index in [1.165, 1.54) is 0 Å². The predicted molar refractivity (Wildman–Crippen MR) is 90.1 cm³/mol. The summed E-state index contributed by atoms with van der Waals surface area (Å²) >= 11 is 0. The van der Waals surface area contributed by atoms with Crippen LogP contribution in [0.1, 0.15) is 88.5 Å². The summed E-state index contributed by atoms with van der Waals surface area (Å²) in [4.78, 5) is 22.7. The molecule has 4 heteroatoms. The molecule has 0 saturated heterocycles. The molecular weight excluding hydrogens is 280 g/mol. The van der Waals surface area contributed by atoms with Crippen LogP contribution in [0, 0.1) is 11.8 Å². The van der Waals surface area contributed by atoms with E-state index in [-0.39, 0.29) is 11.2 Å². The van der Waals surface area contributed by atoms with Crippen LogP contribution >= 0.6 is 0 Å². The van der Waals surface area contributed by atoms with Crippen molar-refractivity contribution in [2.24, 2.45) is 11.8 Å². The number of rotatable bonds is 11. The maximum Gasteiger partial charge on any atom is 0.231 e. The molecule has 0 spiro atoms. The zero-order chi connectivity index (χ0) is 17.6. The van der Waals surface area contributed by atoms with E-state index < -0.39 is 5.79 Å². The van der Waals surface area contributed by atoms with Gasteiger partial charge in [0.05, 0.1) is 0 Å². The topological polar surface area (TPSA) is 36.9 Å². The third-order valence-electron chi connectivity index (χ3n) is 4.63. The fraction of sp³-hybridized carbons (Fsp3) is 1.00. The Labute approximate surface area is 137 Å². The van der Waals surface area contributed by atoms with Gasteiger partial charge in [-0.3, -0.25) is 0 Å². The Morgan fingerprint density at radius 3 is 1.32 bits per heavy atom. The molecule has 0 N–H and O–H groups in total. The Balaban J connectivity index is 4.78. The second kappa shape index (κ2) is 8.62. The van der Waals surface area contributed by atoms with Crippen LogP contribution in [0.2, 0.25) is 0 Å². The molecule has 4 nitrogen and oxygen atoms in total. The van der Waals surface area contributed by atoms with Gasteiger partial charge < -0.3 is 0 Å². The minimum atomic E-state index is -0.908.